The monoisotopic (exact) mass is 272 g/mol. The number of nitrogens with one attached hydrogen (secondary N) is 1. The van der Waals surface area contributed by atoms with Crippen molar-refractivity contribution in [2.24, 2.45) is 0 Å². The summed E-state index contributed by atoms with van der Waals surface area (Å²) in [6.07, 6.45) is 0.693. The van der Waals surface area contributed by atoms with Crippen molar-refractivity contribution in [3.63, 3.8) is 0 Å². The van der Waals surface area contributed by atoms with E-state index in [1.165, 1.54) is 10.5 Å². The van der Waals surface area contributed by atoms with Crippen molar-refractivity contribution in [2.45, 2.75) is 32.9 Å². The molecule has 5 nitrogen and oxygen atoms in total. The van der Waals surface area contributed by atoms with Gasteiger partial charge in [-0.05, 0) is 20.3 Å². The lowest BCUT2D eigenvalue weighted by atomic mass is 10.2. The van der Waals surface area contributed by atoms with Gasteiger partial charge >= 0.3 is 0 Å². The predicted molar refractivity (Wildman–Crippen MR) is 70.5 cm³/mol. The highest BCUT2D eigenvalue weighted by Crippen LogP contribution is 2.26. The summed E-state index contributed by atoms with van der Waals surface area (Å²) in [7, 11) is 1.36. The summed E-state index contributed by atoms with van der Waals surface area (Å²) < 4.78 is 25.0. The third-order valence-corrected chi connectivity index (χ3v) is 5.31. The number of aromatic nitrogens is 2. The summed E-state index contributed by atoms with van der Waals surface area (Å²) in [4.78, 5) is 1.35. The molecule has 1 aliphatic heterocycles. The summed E-state index contributed by atoms with van der Waals surface area (Å²) in [6.45, 7) is 4.98. The Morgan fingerprint density at radius 1 is 1.39 bits per heavy atom. The van der Waals surface area contributed by atoms with Crippen molar-refractivity contribution in [1.82, 2.24) is 9.78 Å². The lowest BCUT2D eigenvalue weighted by Gasteiger charge is -2.12. The summed E-state index contributed by atoms with van der Waals surface area (Å²) in [5.41, 5.74) is 3.40. The molecule has 1 fully saturated rings. The number of aryl methyl sites for hydroxylation is 1. The van der Waals surface area contributed by atoms with Crippen LogP contribution in [0.5, 0.6) is 0 Å². The molecule has 1 saturated heterocycles. The molecular formula is C12H22N3O2S+. The summed E-state index contributed by atoms with van der Waals surface area (Å²) in [6, 6.07) is 0.0274. The lowest BCUT2D eigenvalue weighted by molar-refractivity contribution is -0.872. The molecule has 0 amide bonds. The maximum atomic E-state index is 11.5. The quantitative estimate of drug-likeness (QED) is 0.807. The van der Waals surface area contributed by atoms with Gasteiger partial charge in [0.05, 0.1) is 37.3 Å². The third-order valence-electron chi connectivity index (χ3n) is 3.56. The van der Waals surface area contributed by atoms with Gasteiger partial charge in [-0.2, -0.15) is 5.10 Å². The molecule has 0 bridgehead atoms. The molecule has 1 aromatic heterocycles. The minimum Gasteiger partial charge on any atom is -0.336 e. The van der Waals surface area contributed by atoms with Crippen LogP contribution in [0.4, 0.5) is 0 Å². The van der Waals surface area contributed by atoms with Crippen LogP contribution in [0, 0.1) is 13.8 Å². The number of rotatable bonds is 3. The number of quaternary nitrogens is 1. The molecule has 2 heterocycles. The van der Waals surface area contributed by atoms with Gasteiger partial charge in [0.1, 0.15) is 6.54 Å². The second kappa shape index (κ2) is 4.66. The fourth-order valence-corrected chi connectivity index (χ4v) is 4.32. The molecule has 1 aliphatic rings. The molecule has 0 saturated carbocycles. The van der Waals surface area contributed by atoms with Gasteiger partial charge in [-0.15, -0.1) is 0 Å². The van der Waals surface area contributed by atoms with E-state index >= 15 is 0 Å². The van der Waals surface area contributed by atoms with Crippen LogP contribution in [-0.2, 0) is 16.4 Å². The zero-order chi connectivity index (χ0) is 13.5. The van der Waals surface area contributed by atoms with E-state index in [-0.39, 0.29) is 11.8 Å². The van der Waals surface area contributed by atoms with Crippen molar-refractivity contribution >= 4 is 9.84 Å². The van der Waals surface area contributed by atoms with Crippen molar-refractivity contribution < 1.29 is 13.3 Å². The van der Waals surface area contributed by atoms with Crippen LogP contribution in [0.1, 0.15) is 29.4 Å². The van der Waals surface area contributed by atoms with Crippen LogP contribution in [0.2, 0.25) is 0 Å². The van der Waals surface area contributed by atoms with E-state index in [0.29, 0.717) is 12.2 Å². The maximum Gasteiger partial charge on any atom is 0.152 e. The van der Waals surface area contributed by atoms with Crippen molar-refractivity contribution in [1.29, 1.82) is 0 Å². The first-order valence-electron chi connectivity index (χ1n) is 6.34. The van der Waals surface area contributed by atoms with Crippen LogP contribution in [-0.4, -0.2) is 43.8 Å². The van der Waals surface area contributed by atoms with Crippen molar-refractivity contribution in [2.75, 3.05) is 25.6 Å². The first-order valence-corrected chi connectivity index (χ1v) is 8.16. The van der Waals surface area contributed by atoms with E-state index in [0.717, 1.165) is 17.9 Å². The highest BCUT2D eigenvalue weighted by molar-refractivity contribution is 7.91. The molecule has 1 N–H and O–H groups in total. The molecule has 0 radical (unpaired) electrons. The molecule has 0 unspecified atom stereocenters. The van der Waals surface area contributed by atoms with Gasteiger partial charge in [-0.25, -0.2) is 8.42 Å². The van der Waals surface area contributed by atoms with E-state index in [1.54, 1.807) is 0 Å². The molecule has 0 aliphatic carbocycles. The van der Waals surface area contributed by atoms with Gasteiger partial charge < -0.3 is 4.90 Å². The van der Waals surface area contributed by atoms with Crippen molar-refractivity contribution in [3.8, 4) is 0 Å². The Morgan fingerprint density at radius 3 is 2.56 bits per heavy atom. The Hall–Kier alpha value is -0.880. The Bertz CT molecular complexity index is 546. The number of hydrogen-bond donors (Lipinski definition) is 1. The highest BCUT2D eigenvalue weighted by atomic mass is 32.2. The molecule has 1 aromatic rings. The SMILES string of the molecule is Cc1nn([C@@H]2CCS(=O)(=O)C2)c(C)c1C[NH+](C)C. The molecule has 2 rings (SSSR count). The molecule has 0 spiro atoms. The van der Waals surface area contributed by atoms with Gasteiger partial charge in [0.15, 0.2) is 9.84 Å². The molecule has 102 valence electrons. The van der Waals surface area contributed by atoms with Crippen LogP contribution < -0.4 is 4.90 Å². The number of nitrogens with zero attached hydrogens (tertiary/aromatic N) is 2. The van der Waals surface area contributed by atoms with E-state index < -0.39 is 9.84 Å². The fraction of sp³-hybridized carbons (Fsp3) is 0.750. The number of hydrogen-bond acceptors (Lipinski definition) is 3. The first kappa shape index (κ1) is 13.5. The van der Waals surface area contributed by atoms with Gasteiger partial charge in [0, 0.05) is 11.3 Å². The Balaban J connectivity index is 2.30. The molecule has 18 heavy (non-hydrogen) atoms. The van der Waals surface area contributed by atoms with Gasteiger partial charge in [-0.3, -0.25) is 4.68 Å². The zero-order valence-corrected chi connectivity index (χ0v) is 12.3. The average Bonchev–Trinajstić information content (AvgIpc) is 2.72. The standard InChI is InChI=1S/C12H21N3O2S/c1-9-12(7-14(3)4)10(2)15(13-9)11-5-6-18(16,17)8-11/h11H,5-8H2,1-4H3/p+1/t11-/m1/s1. The van der Waals surface area contributed by atoms with E-state index in [1.807, 2.05) is 18.5 Å². The summed E-state index contributed by atoms with van der Waals surface area (Å²) >= 11 is 0. The topological polar surface area (TPSA) is 56.4 Å². The Labute approximate surface area is 109 Å². The second-order valence-electron chi connectivity index (χ2n) is 5.53. The predicted octanol–water partition coefficient (Wildman–Crippen LogP) is -0.496. The van der Waals surface area contributed by atoms with Crippen LogP contribution in [0.3, 0.4) is 0 Å². The van der Waals surface area contributed by atoms with Gasteiger partial charge in [0.25, 0.3) is 0 Å². The fourth-order valence-electron chi connectivity index (χ4n) is 2.63. The molecule has 6 heteroatoms. The Morgan fingerprint density at radius 2 is 2.06 bits per heavy atom. The van der Waals surface area contributed by atoms with Crippen LogP contribution >= 0.6 is 0 Å². The van der Waals surface area contributed by atoms with E-state index in [4.69, 9.17) is 0 Å². The molecule has 0 aromatic carbocycles. The maximum absolute atomic E-state index is 11.5. The molecular weight excluding hydrogens is 250 g/mol. The van der Waals surface area contributed by atoms with Crippen LogP contribution in [0.15, 0.2) is 0 Å². The zero-order valence-electron chi connectivity index (χ0n) is 11.5. The lowest BCUT2D eigenvalue weighted by Crippen LogP contribution is -3.04. The average molecular weight is 272 g/mol. The second-order valence-corrected chi connectivity index (χ2v) is 7.76. The number of sulfone groups is 1. The minimum absolute atomic E-state index is 0.0274. The summed E-state index contributed by atoms with van der Waals surface area (Å²) in [5.74, 6) is 0.535. The third kappa shape index (κ3) is 2.59. The van der Waals surface area contributed by atoms with Gasteiger partial charge in [0.2, 0.25) is 0 Å². The summed E-state index contributed by atoms with van der Waals surface area (Å²) in [5, 5.41) is 4.55. The molecule has 1 atom stereocenters. The largest absolute Gasteiger partial charge is 0.336 e. The van der Waals surface area contributed by atoms with E-state index in [2.05, 4.69) is 19.2 Å². The van der Waals surface area contributed by atoms with Crippen molar-refractivity contribution in [3.05, 3.63) is 17.0 Å². The van der Waals surface area contributed by atoms with Crippen LogP contribution in [0.25, 0.3) is 0 Å². The smallest absolute Gasteiger partial charge is 0.152 e. The first-order chi connectivity index (χ1) is 8.30. The van der Waals surface area contributed by atoms with Gasteiger partial charge in [-0.1, -0.05) is 0 Å². The Kier molecular flexibility index (Phi) is 3.51. The van der Waals surface area contributed by atoms with E-state index in [9.17, 15) is 8.42 Å². The minimum atomic E-state index is -2.85. The normalized spacial score (nSPS) is 22.8. The highest BCUT2D eigenvalue weighted by Gasteiger charge is 2.31.